The minimum atomic E-state index is -1.08. The summed E-state index contributed by atoms with van der Waals surface area (Å²) in [5.74, 6) is -1.03. The highest BCUT2D eigenvalue weighted by atomic mass is 16.5. The van der Waals surface area contributed by atoms with E-state index in [1.807, 2.05) is 36.4 Å². The molecule has 0 amide bonds. The molecule has 3 aromatic carbocycles. The van der Waals surface area contributed by atoms with E-state index in [2.05, 4.69) is 0 Å². The Hall–Kier alpha value is -5.04. The number of aromatic hydroxyl groups is 2. The average molecular weight is 521 g/mol. The van der Waals surface area contributed by atoms with E-state index in [-0.39, 0.29) is 22.6 Å². The highest BCUT2D eigenvalue weighted by Gasteiger charge is 2.31. The molecule has 2 heterocycles. The molecular formula is C32H28N2O5. The Morgan fingerprint density at radius 1 is 0.641 bits per heavy atom. The van der Waals surface area contributed by atoms with Gasteiger partial charge in [0.15, 0.2) is 0 Å². The van der Waals surface area contributed by atoms with Gasteiger partial charge in [0.05, 0.1) is 24.2 Å². The van der Waals surface area contributed by atoms with Crippen molar-refractivity contribution in [3.8, 4) is 28.6 Å². The van der Waals surface area contributed by atoms with E-state index < -0.39 is 17.0 Å². The summed E-state index contributed by atoms with van der Waals surface area (Å²) < 4.78 is 8.30. The Balaban J connectivity index is 1.87. The molecule has 196 valence electrons. The number of hydrogen-bond acceptors (Lipinski definition) is 5. The maximum absolute atomic E-state index is 14.2. The number of rotatable bonds is 6. The van der Waals surface area contributed by atoms with Gasteiger partial charge in [-0.1, -0.05) is 48.5 Å². The normalized spacial score (nSPS) is 11.1. The van der Waals surface area contributed by atoms with E-state index in [9.17, 15) is 19.8 Å². The van der Waals surface area contributed by atoms with Crippen molar-refractivity contribution < 1.29 is 14.9 Å². The van der Waals surface area contributed by atoms with Crippen LogP contribution in [0, 0.1) is 13.8 Å². The molecule has 7 heteroatoms. The minimum absolute atomic E-state index is 0.0227. The maximum atomic E-state index is 14.2. The number of aromatic nitrogens is 2. The van der Waals surface area contributed by atoms with Crippen molar-refractivity contribution in [3.63, 3.8) is 0 Å². The first-order chi connectivity index (χ1) is 18.8. The van der Waals surface area contributed by atoms with Crippen molar-refractivity contribution in [2.24, 2.45) is 0 Å². The van der Waals surface area contributed by atoms with E-state index in [1.165, 1.54) is 21.3 Å². The van der Waals surface area contributed by atoms with Gasteiger partial charge >= 0.3 is 0 Å². The molecule has 5 rings (SSSR count). The molecule has 0 aliphatic heterocycles. The summed E-state index contributed by atoms with van der Waals surface area (Å²) in [6.07, 6.45) is 0. The molecule has 0 spiro atoms. The van der Waals surface area contributed by atoms with Crippen molar-refractivity contribution in [2.45, 2.75) is 19.8 Å². The van der Waals surface area contributed by atoms with Gasteiger partial charge in [-0.2, -0.15) is 0 Å². The Labute approximate surface area is 225 Å². The van der Waals surface area contributed by atoms with E-state index in [4.69, 9.17) is 4.74 Å². The minimum Gasteiger partial charge on any atom is -0.507 e. The Kier molecular flexibility index (Phi) is 6.81. The third-order valence-corrected chi connectivity index (χ3v) is 6.87. The fourth-order valence-electron chi connectivity index (χ4n) is 5.07. The number of ether oxygens (including phenoxy) is 1. The zero-order valence-corrected chi connectivity index (χ0v) is 21.8. The van der Waals surface area contributed by atoms with E-state index in [0.29, 0.717) is 34.1 Å². The summed E-state index contributed by atoms with van der Waals surface area (Å²) in [6.45, 7) is 3.46. The summed E-state index contributed by atoms with van der Waals surface area (Å²) in [7, 11) is 1.54. The van der Waals surface area contributed by atoms with Crippen molar-refractivity contribution in [3.05, 3.63) is 146 Å². The second-order valence-corrected chi connectivity index (χ2v) is 9.33. The third kappa shape index (κ3) is 4.59. The molecular weight excluding hydrogens is 492 g/mol. The van der Waals surface area contributed by atoms with Crippen LogP contribution in [-0.2, 0) is 0 Å². The summed E-state index contributed by atoms with van der Waals surface area (Å²) in [5, 5.41) is 22.5. The highest BCUT2D eigenvalue weighted by molar-refractivity contribution is 5.55. The third-order valence-electron chi connectivity index (χ3n) is 6.87. The number of pyridine rings is 2. The van der Waals surface area contributed by atoms with Crippen LogP contribution < -0.4 is 15.9 Å². The molecule has 7 nitrogen and oxygen atoms in total. The first-order valence-electron chi connectivity index (χ1n) is 12.5. The molecule has 2 aromatic heterocycles. The number of nitrogens with zero attached hydrogens (tertiary/aromatic N) is 2. The van der Waals surface area contributed by atoms with E-state index in [0.717, 1.165) is 0 Å². The molecule has 0 atom stereocenters. The SMILES string of the molecule is COc1ccc(C(c2c(O)cc(C)n(-c3ccccc3)c2=O)c2c(O)cc(C)n(-c3ccccc3)c2=O)cc1. The Bertz CT molecular complexity index is 1650. The number of benzene rings is 3. The van der Waals surface area contributed by atoms with E-state index in [1.54, 1.807) is 69.5 Å². The van der Waals surface area contributed by atoms with Gasteiger partial charge in [0.25, 0.3) is 11.1 Å². The zero-order chi connectivity index (χ0) is 27.7. The summed E-state index contributed by atoms with van der Waals surface area (Å²) in [4.78, 5) is 28.3. The van der Waals surface area contributed by atoms with Crippen molar-refractivity contribution in [1.82, 2.24) is 9.13 Å². The van der Waals surface area contributed by atoms with Crippen LogP contribution in [-0.4, -0.2) is 26.5 Å². The van der Waals surface area contributed by atoms with E-state index >= 15 is 0 Å². The topological polar surface area (TPSA) is 93.7 Å². The quantitative estimate of drug-likeness (QED) is 0.321. The Morgan fingerprint density at radius 3 is 1.44 bits per heavy atom. The lowest BCUT2D eigenvalue weighted by Gasteiger charge is -2.23. The van der Waals surface area contributed by atoms with Crippen LogP contribution in [0.4, 0.5) is 0 Å². The summed E-state index contributed by atoms with van der Waals surface area (Å²) >= 11 is 0. The number of hydrogen-bond donors (Lipinski definition) is 2. The van der Waals surface area contributed by atoms with Crippen molar-refractivity contribution >= 4 is 0 Å². The largest absolute Gasteiger partial charge is 0.507 e. The highest BCUT2D eigenvalue weighted by Crippen LogP contribution is 2.38. The standard InChI is InChI=1S/C32H28N2O5/c1-20-18-26(35)29(31(37)33(20)23-10-6-4-7-11-23)28(22-14-16-25(39-3)17-15-22)30-27(36)19-21(2)34(32(30)38)24-12-8-5-9-13-24/h4-19,28,35-36H,1-3H3. The van der Waals surface area contributed by atoms with Gasteiger partial charge in [-0.15, -0.1) is 0 Å². The van der Waals surface area contributed by atoms with Crippen LogP contribution in [0.3, 0.4) is 0 Å². The fraction of sp³-hybridized carbons (Fsp3) is 0.125. The van der Waals surface area contributed by atoms with Crippen LogP contribution in [0.5, 0.6) is 17.2 Å². The smallest absolute Gasteiger partial charge is 0.263 e. The first-order valence-corrected chi connectivity index (χ1v) is 12.5. The van der Waals surface area contributed by atoms with Crippen LogP contribution in [0.25, 0.3) is 11.4 Å². The molecule has 0 fully saturated rings. The zero-order valence-electron chi connectivity index (χ0n) is 21.8. The number of para-hydroxylation sites is 2. The number of methoxy groups -OCH3 is 1. The van der Waals surface area contributed by atoms with Gasteiger partial charge in [-0.25, -0.2) is 0 Å². The van der Waals surface area contributed by atoms with Crippen LogP contribution in [0.15, 0.2) is 107 Å². The van der Waals surface area contributed by atoms with Gasteiger partial charge in [0.2, 0.25) is 0 Å². The lowest BCUT2D eigenvalue weighted by Crippen LogP contribution is -2.31. The van der Waals surface area contributed by atoms with Crippen LogP contribution >= 0.6 is 0 Å². The lowest BCUT2D eigenvalue weighted by molar-refractivity contribution is 0.414. The monoisotopic (exact) mass is 520 g/mol. The fourth-order valence-corrected chi connectivity index (χ4v) is 5.07. The summed E-state index contributed by atoms with van der Waals surface area (Å²) in [5.41, 5.74) is 1.77. The molecule has 0 aliphatic carbocycles. The molecule has 0 bridgehead atoms. The molecule has 0 aliphatic rings. The second-order valence-electron chi connectivity index (χ2n) is 9.33. The first kappa shape index (κ1) is 25.6. The average Bonchev–Trinajstić information content (AvgIpc) is 2.93. The van der Waals surface area contributed by atoms with Crippen LogP contribution in [0.1, 0.15) is 34.0 Å². The molecule has 0 saturated heterocycles. The van der Waals surface area contributed by atoms with Gasteiger partial charge in [-0.05, 0) is 55.8 Å². The van der Waals surface area contributed by atoms with Gasteiger partial charge < -0.3 is 14.9 Å². The predicted octanol–water partition coefficient (Wildman–Crippen LogP) is 5.21. The van der Waals surface area contributed by atoms with Gasteiger partial charge in [0, 0.05) is 34.9 Å². The predicted molar refractivity (Wildman–Crippen MR) is 151 cm³/mol. The van der Waals surface area contributed by atoms with Crippen LogP contribution in [0.2, 0.25) is 0 Å². The summed E-state index contributed by atoms with van der Waals surface area (Å²) in [6, 6.07) is 28.0. The maximum Gasteiger partial charge on any atom is 0.263 e. The molecule has 0 radical (unpaired) electrons. The van der Waals surface area contributed by atoms with Crippen molar-refractivity contribution in [2.75, 3.05) is 7.11 Å². The second kappa shape index (κ2) is 10.4. The molecule has 5 aromatic rings. The van der Waals surface area contributed by atoms with Gasteiger partial charge in [-0.3, -0.25) is 18.7 Å². The molecule has 0 unspecified atom stereocenters. The van der Waals surface area contributed by atoms with Gasteiger partial charge in [0.1, 0.15) is 17.2 Å². The molecule has 2 N–H and O–H groups in total. The number of aryl methyl sites for hydroxylation is 2. The molecule has 0 saturated carbocycles. The Morgan fingerprint density at radius 2 is 1.05 bits per heavy atom. The van der Waals surface area contributed by atoms with Crippen molar-refractivity contribution in [1.29, 1.82) is 0 Å². The lowest BCUT2D eigenvalue weighted by atomic mass is 9.84. The molecule has 39 heavy (non-hydrogen) atoms.